The van der Waals surface area contributed by atoms with Crippen LogP contribution in [-0.2, 0) is 0 Å². The number of nitrogens with zero attached hydrogens (tertiary/aromatic N) is 2. The van der Waals surface area contributed by atoms with Gasteiger partial charge in [-0.1, -0.05) is 26.7 Å². The molecule has 0 saturated heterocycles. The van der Waals surface area contributed by atoms with Crippen molar-refractivity contribution in [3.8, 4) is 0 Å². The van der Waals surface area contributed by atoms with Gasteiger partial charge in [-0.2, -0.15) is 4.79 Å². The Kier molecular flexibility index (Phi) is 6.10. The van der Waals surface area contributed by atoms with Crippen molar-refractivity contribution in [2.45, 2.75) is 39.5 Å². The summed E-state index contributed by atoms with van der Waals surface area (Å²) >= 11 is 0. The lowest BCUT2D eigenvalue weighted by Gasteiger charge is -2.01. The topological polar surface area (TPSA) is 36.4 Å². The first kappa shape index (κ1) is 9.38. The van der Waals surface area contributed by atoms with Crippen molar-refractivity contribution in [1.82, 2.24) is 0 Å². The molecule has 0 saturated carbocycles. The number of unbranched alkanes of at least 4 members (excludes halogenated alkanes) is 1. The fraction of sp³-hybridized carbons (Fsp3) is 0.875. The summed E-state index contributed by atoms with van der Waals surface area (Å²) in [6, 6.07) is 0. The van der Waals surface area contributed by atoms with Crippen molar-refractivity contribution >= 4 is 6.21 Å². The van der Waals surface area contributed by atoms with Gasteiger partial charge in [0.05, 0.1) is 5.92 Å². The Hall–Kier alpha value is -0.620. The lowest BCUT2D eigenvalue weighted by molar-refractivity contribution is -0.00364. The molecule has 0 aliphatic heterocycles. The third-order valence-corrected chi connectivity index (χ3v) is 1.73. The average Bonchev–Trinajstić information content (AvgIpc) is 1.98. The average molecular weight is 140 g/mol. The number of hydrogen-bond donors (Lipinski definition) is 0. The highest BCUT2D eigenvalue weighted by molar-refractivity contribution is 5.53. The molecule has 0 aliphatic rings. The first-order valence-corrected chi connectivity index (χ1v) is 4.02. The van der Waals surface area contributed by atoms with Crippen molar-refractivity contribution in [1.29, 1.82) is 0 Å². The number of hydrogen-bond acceptors (Lipinski definition) is 0. The Morgan fingerprint density at radius 3 is 2.60 bits per heavy atom. The SMILES string of the molecule is CCCCC(C=[N+]=[N-])CC. The van der Waals surface area contributed by atoms with E-state index in [1.54, 1.807) is 6.21 Å². The van der Waals surface area contributed by atoms with E-state index in [-0.39, 0.29) is 0 Å². The summed E-state index contributed by atoms with van der Waals surface area (Å²) in [5, 5.41) is 0. The molecule has 0 amide bonds. The van der Waals surface area contributed by atoms with E-state index in [0.717, 1.165) is 12.8 Å². The monoisotopic (exact) mass is 140 g/mol. The zero-order chi connectivity index (χ0) is 7.82. The summed E-state index contributed by atoms with van der Waals surface area (Å²) in [7, 11) is 0. The molecule has 0 radical (unpaired) electrons. The highest BCUT2D eigenvalue weighted by Gasteiger charge is 2.04. The second-order valence-electron chi connectivity index (χ2n) is 2.58. The van der Waals surface area contributed by atoms with E-state index < -0.39 is 0 Å². The van der Waals surface area contributed by atoms with Gasteiger partial charge in [0.1, 0.15) is 0 Å². The van der Waals surface area contributed by atoms with Crippen LogP contribution in [0.1, 0.15) is 39.5 Å². The minimum absolute atomic E-state index is 0.477. The van der Waals surface area contributed by atoms with Crippen LogP contribution >= 0.6 is 0 Å². The van der Waals surface area contributed by atoms with E-state index in [1.165, 1.54) is 12.8 Å². The molecule has 0 aromatic rings. The summed E-state index contributed by atoms with van der Waals surface area (Å²) in [6.45, 7) is 4.28. The van der Waals surface area contributed by atoms with E-state index in [1.807, 2.05) is 0 Å². The van der Waals surface area contributed by atoms with Gasteiger partial charge in [0.15, 0.2) is 0 Å². The lowest BCUT2D eigenvalue weighted by Crippen LogP contribution is -2.00. The normalized spacial score (nSPS) is 12.2. The molecule has 0 bridgehead atoms. The first-order chi connectivity index (χ1) is 4.85. The van der Waals surface area contributed by atoms with Crippen molar-refractivity contribution in [3.05, 3.63) is 5.53 Å². The molecule has 1 unspecified atom stereocenters. The molecule has 2 heteroatoms. The van der Waals surface area contributed by atoms with Crippen molar-refractivity contribution < 1.29 is 4.79 Å². The fourth-order valence-corrected chi connectivity index (χ4v) is 0.945. The smallest absolute Gasteiger partial charge is 0.260 e. The van der Waals surface area contributed by atoms with Gasteiger partial charge in [-0.15, -0.1) is 0 Å². The molecular formula is C8H16N2. The molecule has 2 nitrogen and oxygen atoms in total. The van der Waals surface area contributed by atoms with Crippen LogP contribution in [0.5, 0.6) is 0 Å². The molecule has 0 fully saturated rings. The molecule has 0 spiro atoms. The van der Waals surface area contributed by atoms with Crippen LogP contribution in [0.4, 0.5) is 0 Å². The zero-order valence-electron chi connectivity index (χ0n) is 6.88. The molecule has 0 aliphatic carbocycles. The third kappa shape index (κ3) is 4.28. The van der Waals surface area contributed by atoms with Crippen molar-refractivity contribution in [3.63, 3.8) is 0 Å². The van der Waals surface area contributed by atoms with Gasteiger partial charge in [0.2, 0.25) is 0 Å². The maximum absolute atomic E-state index is 8.24. The largest absolute Gasteiger partial charge is 0.362 e. The second kappa shape index (κ2) is 6.50. The maximum Gasteiger partial charge on any atom is 0.260 e. The summed E-state index contributed by atoms with van der Waals surface area (Å²) in [5.41, 5.74) is 8.24. The molecule has 0 aromatic carbocycles. The Morgan fingerprint density at radius 2 is 2.20 bits per heavy atom. The Bertz CT molecular complexity index is 114. The third-order valence-electron chi connectivity index (χ3n) is 1.73. The van der Waals surface area contributed by atoms with Crippen molar-refractivity contribution in [2.75, 3.05) is 0 Å². The van der Waals surface area contributed by atoms with E-state index >= 15 is 0 Å². The Balaban J connectivity index is 3.49. The van der Waals surface area contributed by atoms with E-state index in [2.05, 4.69) is 18.6 Å². The Morgan fingerprint density at radius 1 is 1.50 bits per heavy atom. The van der Waals surface area contributed by atoms with Gasteiger partial charge in [0.25, 0.3) is 6.21 Å². The molecule has 58 valence electrons. The van der Waals surface area contributed by atoms with E-state index in [4.69, 9.17) is 5.53 Å². The van der Waals surface area contributed by atoms with Crippen LogP contribution in [0, 0.1) is 5.92 Å². The summed E-state index contributed by atoms with van der Waals surface area (Å²) in [6.07, 6.45) is 6.30. The summed E-state index contributed by atoms with van der Waals surface area (Å²) in [5.74, 6) is 0.477. The van der Waals surface area contributed by atoms with E-state index in [9.17, 15) is 0 Å². The minimum Gasteiger partial charge on any atom is -0.362 e. The van der Waals surface area contributed by atoms with Crippen LogP contribution < -0.4 is 0 Å². The molecule has 10 heavy (non-hydrogen) atoms. The van der Waals surface area contributed by atoms with Crippen LogP contribution in [0.3, 0.4) is 0 Å². The molecule has 0 aromatic heterocycles. The quantitative estimate of drug-likeness (QED) is 0.319. The van der Waals surface area contributed by atoms with Gasteiger partial charge >= 0.3 is 0 Å². The van der Waals surface area contributed by atoms with Gasteiger partial charge in [-0.25, -0.2) is 0 Å². The van der Waals surface area contributed by atoms with Crippen LogP contribution in [0.2, 0.25) is 0 Å². The zero-order valence-corrected chi connectivity index (χ0v) is 6.88. The molecule has 0 heterocycles. The molecular weight excluding hydrogens is 124 g/mol. The summed E-state index contributed by atoms with van der Waals surface area (Å²) in [4.78, 5) is 3.03. The number of rotatable bonds is 5. The van der Waals surface area contributed by atoms with Gasteiger partial charge < -0.3 is 5.53 Å². The van der Waals surface area contributed by atoms with Crippen LogP contribution in [0.25, 0.3) is 5.53 Å². The van der Waals surface area contributed by atoms with E-state index in [0.29, 0.717) is 5.92 Å². The maximum atomic E-state index is 8.24. The first-order valence-electron chi connectivity index (χ1n) is 4.02. The van der Waals surface area contributed by atoms with Gasteiger partial charge in [-0.3, -0.25) is 0 Å². The highest BCUT2D eigenvalue weighted by Crippen LogP contribution is 2.08. The molecule has 0 N–H and O–H groups in total. The molecule has 0 rings (SSSR count). The van der Waals surface area contributed by atoms with Crippen LogP contribution in [-0.4, -0.2) is 11.0 Å². The fourth-order valence-electron chi connectivity index (χ4n) is 0.945. The van der Waals surface area contributed by atoms with Gasteiger partial charge in [0, 0.05) is 0 Å². The summed E-state index contributed by atoms with van der Waals surface area (Å²) < 4.78 is 0. The standard InChI is InChI=1S/C8H16N2/c1-3-5-6-8(4-2)7-10-9/h7-8H,3-6H2,1-2H3. The second-order valence-corrected chi connectivity index (χ2v) is 2.58. The predicted molar refractivity (Wildman–Crippen MR) is 43.0 cm³/mol. The van der Waals surface area contributed by atoms with Gasteiger partial charge in [-0.05, 0) is 12.8 Å². The highest BCUT2D eigenvalue weighted by atomic mass is 14.8. The van der Waals surface area contributed by atoms with Crippen molar-refractivity contribution in [2.24, 2.45) is 5.92 Å². The lowest BCUT2D eigenvalue weighted by atomic mass is 10.0. The van der Waals surface area contributed by atoms with Crippen LogP contribution in [0.15, 0.2) is 0 Å². The Labute approximate surface area is 62.9 Å². The minimum atomic E-state index is 0.477. The predicted octanol–water partition coefficient (Wildman–Crippen LogP) is 2.50. The molecule has 1 atom stereocenters.